The van der Waals surface area contributed by atoms with E-state index in [1.54, 1.807) is 19.1 Å². The topological polar surface area (TPSA) is 87.0 Å². The molecule has 0 saturated carbocycles. The Morgan fingerprint density at radius 2 is 1.66 bits per heavy atom. The number of hydrogen-bond donors (Lipinski definition) is 0. The van der Waals surface area contributed by atoms with Crippen LogP contribution in [0.4, 0.5) is 11.4 Å². The van der Waals surface area contributed by atoms with Gasteiger partial charge in [-0.3, -0.25) is 4.79 Å². The summed E-state index contributed by atoms with van der Waals surface area (Å²) < 4.78 is 11.6. The van der Waals surface area contributed by atoms with Gasteiger partial charge in [-0.1, -0.05) is 42.5 Å². The Balaban J connectivity index is 0.000000185. The first-order chi connectivity index (χ1) is 22.7. The van der Waals surface area contributed by atoms with Crippen LogP contribution in [0, 0.1) is 17.9 Å². The fourth-order valence-corrected chi connectivity index (χ4v) is 5.29. The maximum atomic E-state index is 12.3. The van der Waals surface area contributed by atoms with E-state index in [9.17, 15) is 4.79 Å². The van der Waals surface area contributed by atoms with Gasteiger partial charge in [-0.2, -0.15) is 0 Å². The first-order valence-electron chi connectivity index (χ1n) is 15.3. The largest absolute Gasteiger partial charge is 0.462 e. The average molecular weight is 622 g/mol. The molecule has 234 valence electrons. The molecule has 3 aromatic rings. The summed E-state index contributed by atoms with van der Waals surface area (Å²) in [7, 11) is 4.00. The van der Waals surface area contributed by atoms with E-state index in [2.05, 4.69) is 29.7 Å². The summed E-state index contributed by atoms with van der Waals surface area (Å²) in [5.74, 6) is 1.79. The molecule has 0 amide bonds. The van der Waals surface area contributed by atoms with Crippen LogP contribution in [0.3, 0.4) is 0 Å². The molecule has 1 aliphatic carbocycles. The third kappa shape index (κ3) is 7.24. The molecule has 8 nitrogen and oxygen atoms in total. The average Bonchev–Trinajstić information content (AvgIpc) is 3.08. The summed E-state index contributed by atoms with van der Waals surface area (Å²) >= 11 is 0. The number of anilines is 2. The minimum atomic E-state index is -0.0390. The molecule has 0 unspecified atom stereocenters. The van der Waals surface area contributed by atoms with Gasteiger partial charge in [-0.15, -0.1) is 0 Å². The Morgan fingerprint density at radius 1 is 0.957 bits per heavy atom. The highest BCUT2D eigenvalue weighted by Crippen LogP contribution is 2.31. The lowest BCUT2D eigenvalue weighted by Gasteiger charge is -2.21. The van der Waals surface area contributed by atoms with E-state index in [1.807, 2.05) is 97.9 Å². The molecule has 8 heteroatoms. The standard InChI is InChI=1S/C20H18N2O2.C19H17N3O/c1-3-22(4-2)13-9-10-16-18(11-13)24-19-12-17(23)14-7-5-6-8-15(14)20(19)21-16;1-14-11-16(19(13-20)21-2)12-18(23-14)10-7-15-5-8-17(9-6-15)22(3)4/h5-12H,3-4H2,1-2H3;5-12H,1,3-4H3/b;10-7+,19-16+. The molecule has 0 spiro atoms. The number of fused-ring (bicyclic) bond motifs is 4. The van der Waals surface area contributed by atoms with Gasteiger partial charge in [-0.05, 0) is 74.4 Å². The van der Waals surface area contributed by atoms with E-state index in [1.165, 1.54) is 6.07 Å². The quantitative estimate of drug-likeness (QED) is 0.0812. The first kappa shape index (κ1) is 32.3. The maximum Gasteiger partial charge on any atom is 0.269 e. The molecule has 0 aromatic heterocycles. The zero-order valence-corrected chi connectivity index (χ0v) is 27.1. The number of ether oxygens (including phenoxy) is 1. The van der Waals surface area contributed by atoms with Crippen LogP contribution in [0.5, 0.6) is 0 Å². The molecule has 0 fully saturated rings. The Bertz CT molecular complexity index is 2150. The number of rotatable bonds is 6. The van der Waals surface area contributed by atoms with Crippen LogP contribution >= 0.6 is 0 Å². The molecule has 0 radical (unpaired) electrons. The maximum absolute atomic E-state index is 12.3. The second kappa shape index (κ2) is 14.3. The molecule has 0 bridgehead atoms. The van der Waals surface area contributed by atoms with Crippen LogP contribution in [0.1, 0.15) is 26.3 Å². The van der Waals surface area contributed by atoms with Crippen molar-refractivity contribution in [3.05, 3.63) is 141 Å². The van der Waals surface area contributed by atoms with E-state index in [0.29, 0.717) is 33.8 Å². The van der Waals surface area contributed by atoms with Crippen molar-refractivity contribution in [2.24, 2.45) is 0 Å². The second-order valence-corrected chi connectivity index (χ2v) is 11.1. The smallest absolute Gasteiger partial charge is 0.269 e. The van der Waals surface area contributed by atoms with Crippen molar-refractivity contribution >= 4 is 39.3 Å². The lowest BCUT2D eigenvalue weighted by atomic mass is 10.0. The third-order valence-corrected chi connectivity index (χ3v) is 7.74. The highest BCUT2D eigenvalue weighted by molar-refractivity contribution is 5.96. The number of allylic oxidation sites excluding steroid dienone is 6. The van der Waals surface area contributed by atoms with E-state index < -0.39 is 0 Å². The minimum absolute atomic E-state index is 0.0390. The number of hydrogen-bond acceptors (Lipinski definition) is 7. The molecule has 47 heavy (non-hydrogen) atoms. The fourth-order valence-electron chi connectivity index (χ4n) is 5.29. The summed E-state index contributed by atoms with van der Waals surface area (Å²) in [6.07, 6.45) is 7.17. The van der Waals surface area contributed by atoms with Gasteiger partial charge in [0, 0.05) is 61.5 Å². The first-order valence-corrected chi connectivity index (χ1v) is 15.3. The lowest BCUT2D eigenvalue weighted by molar-refractivity contribution is 0.318. The summed E-state index contributed by atoms with van der Waals surface area (Å²) in [6.45, 7) is 14.9. The predicted octanol–water partition coefficient (Wildman–Crippen LogP) is 8.57. The van der Waals surface area contributed by atoms with Gasteiger partial charge in [0.25, 0.3) is 5.70 Å². The Labute approximate surface area is 274 Å². The van der Waals surface area contributed by atoms with Gasteiger partial charge in [-0.25, -0.2) is 15.1 Å². The van der Waals surface area contributed by atoms with Crippen molar-refractivity contribution in [1.82, 2.24) is 4.98 Å². The molecule has 0 atom stereocenters. The zero-order chi connectivity index (χ0) is 33.5. The molecule has 0 N–H and O–H groups in total. The van der Waals surface area contributed by atoms with E-state index in [-0.39, 0.29) is 11.1 Å². The van der Waals surface area contributed by atoms with Gasteiger partial charge in [0.15, 0.2) is 16.8 Å². The normalized spacial score (nSPS) is 13.6. The molecule has 0 saturated heterocycles. The van der Waals surface area contributed by atoms with Gasteiger partial charge in [0.2, 0.25) is 0 Å². The van der Waals surface area contributed by atoms with Gasteiger partial charge in [0.05, 0.1) is 12.6 Å². The molecular formula is C39H35N5O3. The van der Waals surface area contributed by atoms with Gasteiger partial charge in [0.1, 0.15) is 22.7 Å². The summed E-state index contributed by atoms with van der Waals surface area (Å²) in [6, 6.07) is 25.1. The summed E-state index contributed by atoms with van der Waals surface area (Å²) in [4.78, 5) is 24.6. The Kier molecular flexibility index (Phi) is 9.84. The minimum Gasteiger partial charge on any atom is -0.462 e. The van der Waals surface area contributed by atoms with Crippen LogP contribution in [-0.2, 0) is 4.74 Å². The summed E-state index contributed by atoms with van der Waals surface area (Å²) in [5.41, 5.74) is 6.10. The number of aromatic nitrogens is 1. The van der Waals surface area contributed by atoms with Crippen molar-refractivity contribution in [3.63, 3.8) is 0 Å². The van der Waals surface area contributed by atoms with Crippen molar-refractivity contribution in [3.8, 4) is 17.5 Å². The van der Waals surface area contributed by atoms with Gasteiger partial charge >= 0.3 is 0 Å². The highest BCUT2D eigenvalue weighted by atomic mass is 16.5. The molecule has 6 rings (SSSR count). The van der Waals surface area contributed by atoms with E-state index in [4.69, 9.17) is 26.0 Å². The number of benzene rings is 4. The zero-order valence-electron chi connectivity index (χ0n) is 27.1. The van der Waals surface area contributed by atoms with Gasteiger partial charge < -0.3 is 19.0 Å². The molecular weight excluding hydrogens is 586 g/mol. The van der Waals surface area contributed by atoms with Crippen molar-refractivity contribution < 1.29 is 9.15 Å². The van der Waals surface area contributed by atoms with Crippen LogP contribution in [0.2, 0.25) is 0 Å². The predicted molar refractivity (Wildman–Crippen MR) is 190 cm³/mol. The SMILES string of the molecule is CCN(CC)c1ccc2nc3c4ccccc4c(=O)cc-3oc2c1.[C-]#[N+]/C(C#N)=C1\C=C(C)OC(/C=C/c2ccc(N(C)C)cc2)=C1. The van der Waals surface area contributed by atoms with Crippen molar-refractivity contribution in [1.29, 1.82) is 5.26 Å². The monoisotopic (exact) mass is 621 g/mol. The van der Waals surface area contributed by atoms with E-state index in [0.717, 1.165) is 46.6 Å². The van der Waals surface area contributed by atoms with Crippen LogP contribution in [0.25, 0.3) is 44.2 Å². The Morgan fingerprint density at radius 3 is 2.32 bits per heavy atom. The molecule has 2 aliphatic heterocycles. The van der Waals surface area contributed by atoms with E-state index >= 15 is 0 Å². The Hall–Kier alpha value is -6.12. The molecule has 3 aromatic carbocycles. The number of nitriles is 1. The molecule has 3 aliphatic rings. The third-order valence-electron chi connectivity index (χ3n) is 7.74. The fraction of sp³-hybridized carbons (Fsp3) is 0.179. The van der Waals surface area contributed by atoms with Crippen LogP contribution in [0.15, 0.2) is 123 Å². The van der Waals surface area contributed by atoms with Crippen LogP contribution in [-0.4, -0.2) is 32.2 Å². The van der Waals surface area contributed by atoms with Crippen molar-refractivity contribution in [2.75, 3.05) is 37.0 Å². The summed E-state index contributed by atoms with van der Waals surface area (Å²) in [5, 5.41) is 10.5. The molecule has 2 heterocycles. The lowest BCUT2D eigenvalue weighted by Crippen LogP contribution is -2.21. The highest BCUT2D eigenvalue weighted by Gasteiger charge is 2.16. The number of nitrogens with zero attached hydrogens (tertiary/aromatic N) is 5. The van der Waals surface area contributed by atoms with Crippen molar-refractivity contribution in [2.45, 2.75) is 20.8 Å². The van der Waals surface area contributed by atoms with Crippen LogP contribution < -0.4 is 15.2 Å². The second-order valence-electron chi connectivity index (χ2n) is 11.1.